The quantitative estimate of drug-likeness (QED) is 0.734. The Morgan fingerprint density at radius 3 is 2.22 bits per heavy atom. The number of hydrogen-bond donors (Lipinski definition) is 1. The predicted molar refractivity (Wildman–Crippen MR) is 68.6 cm³/mol. The Morgan fingerprint density at radius 1 is 1.17 bits per heavy atom. The van der Waals surface area contributed by atoms with E-state index < -0.39 is 10.0 Å². The molecule has 18 heavy (non-hydrogen) atoms. The first kappa shape index (κ1) is 13.8. The Hall–Kier alpha value is -0.660. The number of rotatable bonds is 3. The molecule has 104 valence electrons. The molecule has 6 nitrogen and oxygen atoms in total. The van der Waals surface area contributed by atoms with Gasteiger partial charge in [-0.1, -0.05) is 0 Å². The van der Waals surface area contributed by atoms with Crippen LogP contribution in [0.3, 0.4) is 0 Å². The number of piperidine rings is 1. The van der Waals surface area contributed by atoms with Crippen LogP contribution in [0.25, 0.3) is 0 Å². The Morgan fingerprint density at radius 2 is 1.78 bits per heavy atom. The normalized spacial score (nSPS) is 28.0. The Bertz CT molecular complexity index is 415. The molecule has 1 unspecified atom stereocenters. The van der Waals surface area contributed by atoms with Gasteiger partial charge >= 0.3 is 0 Å². The molecule has 0 bridgehead atoms. The highest BCUT2D eigenvalue weighted by Crippen LogP contribution is 2.16. The summed E-state index contributed by atoms with van der Waals surface area (Å²) in [5.74, 6) is 0.153. The Balaban J connectivity index is 1.83. The van der Waals surface area contributed by atoms with E-state index in [9.17, 15) is 13.2 Å². The van der Waals surface area contributed by atoms with Gasteiger partial charge in [-0.3, -0.25) is 4.79 Å². The minimum atomic E-state index is -3.07. The maximum absolute atomic E-state index is 11.8. The number of carbonyl (C=O) groups excluding carboxylic acids is 1. The van der Waals surface area contributed by atoms with Crippen molar-refractivity contribution in [3.63, 3.8) is 0 Å². The van der Waals surface area contributed by atoms with Crippen LogP contribution in [0.2, 0.25) is 0 Å². The van der Waals surface area contributed by atoms with Crippen molar-refractivity contribution < 1.29 is 13.2 Å². The molecule has 7 heteroatoms. The van der Waals surface area contributed by atoms with Crippen LogP contribution in [0.1, 0.15) is 19.3 Å². The lowest BCUT2D eigenvalue weighted by Gasteiger charge is -2.32. The lowest BCUT2D eigenvalue weighted by Crippen LogP contribution is -2.49. The summed E-state index contributed by atoms with van der Waals surface area (Å²) >= 11 is 0. The number of nitrogens with zero attached hydrogens (tertiary/aromatic N) is 2. The number of likely N-dealkylation sites (tertiary alicyclic amines) is 1. The van der Waals surface area contributed by atoms with Gasteiger partial charge in [0.2, 0.25) is 15.9 Å². The summed E-state index contributed by atoms with van der Waals surface area (Å²) in [5, 5.41) is 3.36. The number of likely N-dealkylation sites (N-methyl/N-ethyl adjacent to an activating group) is 1. The van der Waals surface area contributed by atoms with E-state index in [2.05, 4.69) is 5.32 Å². The van der Waals surface area contributed by atoms with Gasteiger partial charge in [0.1, 0.15) is 0 Å². The molecule has 1 amide bonds. The molecule has 2 aliphatic heterocycles. The van der Waals surface area contributed by atoms with E-state index in [1.807, 2.05) is 7.05 Å². The molecule has 2 fully saturated rings. The zero-order valence-corrected chi connectivity index (χ0v) is 11.7. The monoisotopic (exact) mass is 275 g/mol. The molecule has 0 aromatic heterocycles. The summed E-state index contributed by atoms with van der Waals surface area (Å²) in [7, 11) is -1.25. The maximum atomic E-state index is 11.8. The number of carbonyl (C=O) groups is 1. The summed E-state index contributed by atoms with van der Waals surface area (Å²) < 4.78 is 24.3. The van der Waals surface area contributed by atoms with Crippen LogP contribution in [0.4, 0.5) is 0 Å². The molecule has 0 radical (unpaired) electrons. The number of nitrogens with one attached hydrogen (secondary N) is 1. The standard InChI is InChI=1S/C11H21N3O3S/c1-13-6-5-10(11(13)15)12-9-3-7-14(8-4-9)18(2,16)17/h9-10,12H,3-8H2,1-2H3. The first-order chi connectivity index (χ1) is 8.38. The average Bonchev–Trinajstić information content (AvgIpc) is 2.61. The molecule has 2 heterocycles. The fraction of sp³-hybridized carbons (Fsp3) is 0.909. The highest BCUT2D eigenvalue weighted by Gasteiger charge is 2.32. The molecule has 2 saturated heterocycles. The van der Waals surface area contributed by atoms with Gasteiger partial charge in [-0.15, -0.1) is 0 Å². The van der Waals surface area contributed by atoms with Gasteiger partial charge < -0.3 is 10.2 Å². The van der Waals surface area contributed by atoms with Crippen molar-refractivity contribution in [1.82, 2.24) is 14.5 Å². The van der Waals surface area contributed by atoms with Crippen LogP contribution in [0.15, 0.2) is 0 Å². The first-order valence-electron chi connectivity index (χ1n) is 6.34. The van der Waals surface area contributed by atoms with E-state index in [0.717, 1.165) is 25.8 Å². The van der Waals surface area contributed by atoms with Crippen LogP contribution in [0, 0.1) is 0 Å². The second-order valence-corrected chi connectivity index (χ2v) is 7.19. The number of hydrogen-bond acceptors (Lipinski definition) is 4. The minimum Gasteiger partial charge on any atom is -0.344 e. The van der Waals surface area contributed by atoms with Crippen molar-refractivity contribution in [3.8, 4) is 0 Å². The molecule has 1 N–H and O–H groups in total. The fourth-order valence-electron chi connectivity index (χ4n) is 2.62. The van der Waals surface area contributed by atoms with Crippen molar-refractivity contribution in [2.45, 2.75) is 31.3 Å². The van der Waals surface area contributed by atoms with Gasteiger partial charge in [-0.2, -0.15) is 0 Å². The highest BCUT2D eigenvalue weighted by molar-refractivity contribution is 7.88. The second kappa shape index (κ2) is 5.14. The zero-order chi connectivity index (χ0) is 13.3. The van der Waals surface area contributed by atoms with E-state index in [-0.39, 0.29) is 18.0 Å². The summed E-state index contributed by atoms with van der Waals surface area (Å²) in [6.07, 6.45) is 3.65. The third-order valence-corrected chi connectivity index (χ3v) is 5.09. The van der Waals surface area contributed by atoms with Gasteiger partial charge in [0.15, 0.2) is 0 Å². The highest BCUT2D eigenvalue weighted by atomic mass is 32.2. The lowest BCUT2D eigenvalue weighted by atomic mass is 10.1. The zero-order valence-electron chi connectivity index (χ0n) is 10.9. The predicted octanol–water partition coefficient (Wildman–Crippen LogP) is -0.769. The van der Waals surface area contributed by atoms with Gasteiger partial charge in [-0.05, 0) is 19.3 Å². The third kappa shape index (κ3) is 3.02. The van der Waals surface area contributed by atoms with Crippen molar-refractivity contribution in [3.05, 3.63) is 0 Å². The van der Waals surface area contributed by atoms with E-state index in [1.165, 1.54) is 10.6 Å². The summed E-state index contributed by atoms with van der Waals surface area (Å²) in [5.41, 5.74) is 0. The number of amides is 1. The van der Waals surface area contributed by atoms with Crippen molar-refractivity contribution in [2.75, 3.05) is 32.9 Å². The van der Waals surface area contributed by atoms with Crippen LogP contribution in [0.5, 0.6) is 0 Å². The average molecular weight is 275 g/mol. The van der Waals surface area contributed by atoms with Crippen molar-refractivity contribution in [2.24, 2.45) is 0 Å². The second-order valence-electron chi connectivity index (χ2n) is 5.20. The summed E-state index contributed by atoms with van der Waals surface area (Å²) in [6.45, 7) is 1.90. The summed E-state index contributed by atoms with van der Waals surface area (Å²) in [6, 6.07) is 0.174. The lowest BCUT2D eigenvalue weighted by molar-refractivity contribution is -0.128. The van der Waals surface area contributed by atoms with Crippen molar-refractivity contribution >= 4 is 15.9 Å². The Labute approximate surface area is 108 Å². The fourth-order valence-corrected chi connectivity index (χ4v) is 3.49. The van der Waals surface area contributed by atoms with E-state index in [1.54, 1.807) is 4.90 Å². The number of sulfonamides is 1. The topological polar surface area (TPSA) is 69.7 Å². The van der Waals surface area contributed by atoms with Crippen LogP contribution >= 0.6 is 0 Å². The smallest absolute Gasteiger partial charge is 0.239 e. The molecule has 0 aliphatic carbocycles. The largest absolute Gasteiger partial charge is 0.344 e. The third-order valence-electron chi connectivity index (χ3n) is 3.79. The molecular formula is C11H21N3O3S. The molecule has 2 aliphatic rings. The minimum absolute atomic E-state index is 0.0789. The molecule has 2 rings (SSSR count). The van der Waals surface area contributed by atoms with E-state index in [4.69, 9.17) is 0 Å². The molecule has 1 atom stereocenters. The van der Waals surface area contributed by atoms with Crippen LogP contribution in [-0.4, -0.2) is 68.6 Å². The van der Waals surface area contributed by atoms with Gasteiger partial charge in [-0.25, -0.2) is 12.7 Å². The maximum Gasteiger partial charge on any atom is 0.239 e. The van der Waals surface area contributed by atoms with E-state index in [0.29, 0.717) is 13.1 Å². The SMILES string of the molecule is CN1CCC(NC2CCN(S(C)(=O)=O)CC2)C1=O. The molecule has 0 aromatic rings. The first-order valence-corrected chi connectivity index (χ1v) is 8.19. The Kier molecular flexibility index (Phi) is 3.93. The van der Waals surface area contributed by atoms with Crippen molar-refractivity contribution in [1.29, 1.82) is 0 Å². The summed E-state index contributed by atoms with van der Waals surface area (Å²) in [4.78, 5) is 13.5. The van der Waals surface area contributed by atoms with Gasteiger partial charge in [0.05, 0.1) is 12.3 Å². The van der Waals surface area contributed by atoms with Gasteiger partial charge in [0, 0.05) is 32.7 Å². The van der Waals surface area contributed by atoms with Gasteiger partial charge in [0.25, 0.3) is 0 Å². The molecular weight excluding hydrogens is 254 g/mol. The molecule has 0 spiro atoms. The molecule has 0 saturated carbocycles. The van der Waals surface area contributed by atoms with E-state index >= 15 is 0 Å². The van der Waals surface area contributed by atoms with Crippen LogP contribution in [-0.2, 0) is 14.8 Å². The van der Waals surface area contributed by atoms with Crippen LogP contribution < -0.4 is 5.32 Å². The molecule has 0 aromatic carbocycles.